The first kappa shape index (κ1) is 11.4. The van der Waals surface area contributed by atoms with Crippen molar-refractivity contribution in [1.82, 2.24) is 5.32 Å². The lowest BCUT2D eigenvalue weighted by molar-refractivity contribution is 0.203. The van der Waals surface area contributed by atoms with Crippen molar-refractivity contribution in [3.63, 3.8) is 0 Å². The summed E-state index contributed by atoms with van der Waals surface area (Å²) in [5.41, 5.74) is 0. The largest absolute Gasteiger partial charge is 0.395 e. The van der Waals surface area contributed by atoms with Crippen LogP contribution in [-0.4, -0.2) is 24.3 Å². The van der Waals surface area contributed by atoms with E-state index in [1.807, 2.05) is 0 Å². The molecule has 0 spiro atoms. The summed E-state index contributed by atoms with van der Waals surface area (Å²) in [7, 11) is 0. The Morgan fingerprint density at radius 3 is 2.33 bits per heavy atom. The average molecular weight is 211 g/mol. The van der Waals surface area contributed by atoms with Crippen molar-refractivity contribution >= 4 is 0 Å². The minimum atomic E-state index is 0.323. The predicted molar refractivity (Wildman–Crippen MR) is 62.8 cm³/mol. The first-order valence-electron chi connectivity index (χ1n) is 6.72. The molecule has 0 radical (unpaired) electrons. The maximum Gasteiger partial charge on any atom is 0.0584 e. The Morgan fingerprint density at radius 1 is 1.00 bits per heavy atom. The van der Waals surface area contributed by atoms with Crippen LogP contribution in [0.1, 0.15) is 51.4 Å². The minimum absolute atomic E-state index is 0.323. The number of nitrogens with one attached hydrogen (secondary N) is 1. The van der Waals surface area contributed by atoms with E-state index in [1.165, 1.54) is 51.4 Å². The molecule has 0 heterocycles. The van der Waals surface area contributed by atoms with Crippen molar-refractivity contribution in [1.29, 1.82) is 0 Å². The smallest absolute Gasteiger partial charge is 0.0584 e. The molecule has 0 saturated heterocycles. The lowest BCUT2D eigenvalue weighted by atomic mass is 9.85. The first-order valence-corrected chi connectivity index (χ1v) is 6.72. The molecule has 2 aliphatic carbocycles. The summed E-state index contributed by atoms with van der Waals surface area (Å²) in [4.78, 5) is 0. The molecule has 2 rings (SSSR count). The molecule has 0 aliphatic heterocycles. The molecule has 2 nitrogen and oxygen atoms in total. The molecule has 0 aromatic rings. The second-order valence-electron chi connectivity index (χ2n) is 5.47. The summed E-state index contributed by atoms with van der Waals surface area (Å²) >= 11 is 0. The van der Waals surface area contributed by atoms with E-state index in [0.717, 1.165) is 18.4 Å². The van der Waals surface area contributed by atoms with E-state index in [2.05, 4.69) is 5.32 Å². The molecular weight excluding hydrogens is 186 g/mol. The molecule has 0 aromatic carbocycles. The zero-order valence-corrected chi connectivity index (χ0v) is 9.75. The van der Waals surface area contributed by atoms with Gasteiger partial charge in [0.2, 0.25) is 0 Å². The highest BCUT2D eigenvalue weighted by Crippen LogP contribution is 2.29. The van der Waals surface area contributed by atoms with Gasteiger partial charge < -0.3 is 10.4 Å². The van der Waals surface area contributed by atoms with Crippen molar-refractivity contribution in [3.8, 4) is 0 Å². The average Bonchev–Trinajstić information content (AvgIpc) is 3.09. The molecule has 2 N–H and O–H groups in total. The van der Waals surface area contributed by atoms with E-state index >= 15 is 0 Å². The summed E-state index contributed by atoms with van der Waals surface area (Å²) in [6, 6.07) is 0.369. The second kappa shape index (κ2) is 5.86. The van der Waals surface area contributed by atoms with Gasteiger partial charge in [-0.1, -0.05) is 32.1 Å². The summed E-state index contributed by atoms with van der Waals surface area (Å²) in [6.45, 7) is 1.46. The normalized spacial score (nSPS) is 25.4. The van der Waals surface area contributed by atoms with Gasteiger partial charge in [-0.15, -0.1) is 0 Å². The highest BCUT2D eigenvalue weighted by Gasteiger charge is 2.23. The van der Waals surface area contributed by atoms with Crippen molar-refractivity contribution in [2.75, 3.05) is 13.2 Å². The maximum absolute atomic E-state index is 9.33. The lowest BCUT2D eigenvalue weighted by Gasteiger charge is -2.26. The van der Waals surface area contributed by atoms with Crippen LogP contribution in [-0.2, 0) is 0 Å². The van der Waals surface area contributed by atoms with Gasteiger partial charge >= 0.3 is 0 Å². The third-order valence-corrected chi connectivity index (χ3v) is 3.96. The molecule has 88 valence electrons. The summed E-state index contributed by atoms with van der Waals surface area (Å²) < 4.78 is 0. The number of aliphatic hydroxyl groups excluding tert-OH is 1. The van der Waals surface area contributed by atoms with Gasteiger partial charge in [-0.2, -0.15) is 0 Å². The van der Waals surface area contributed by atoms with Crippen LogP contribution in [0.2, 0.25) is 0 Å². The zero-order chi connectivity index (χ0) is 10.5. The summed E-state index contributed by atoms with van der Waals surface area (Å²) in [5.74, 6) is 1.80. The highest BCUT2D eigenvalue weighted by atomic mass is 16.3. The van der Waals surface area contributed by atoms with Gasteiger partial charge in [-0.05, 0) is 37.6 Å². The topological polar surface area (TPSA) is 32.3 Å². The molecule has 1 atom stereocenters. The summed E-state index contributed by atoms with van der Waals surface area (Å²) in [5, 5.41) is 12.9. The molecule has 2 aliphatic rings. The standard InChI is InChI=1S/C13H25NO/c15-10-13(14-9-12-6-7-12)8-11-4-2-1-3-5-11/h11-15H,1-10H2. The van der Waals surface area contributed by atoms with Gasteiger partial charge in [0.1, 0.15) is 0 Å². The SMILES string of the molecule is OCC(CC1CCCCC1)NCC1CC1. The van der Waals surface area contributed by atoms with Crippen LogP contribution in [0.3, 0.4) is 0 Å². The first-order chi connectivity index (χ1) is 7.38. The van der Waals surface area contributed by atoms with Crippen molar-refractivity contribution in [2.24, 2.45) is 11.8 Å². The minimum Gasteiger partial charge on any atom is -0.395 e. The molecule has 2 fully saturated rings. The van der Waals surface area contributed by atoms with Crippen molar-refractivity contribution < 1.29 is 5.11 Å². The molecular formula is C13H25NO. The lowest BCUT2D eigenvalue weighted by Crippen LogP contribution is -2.36. The Hall–Kier alpha value is -0.0800. The van der Waals surface area contributed by atoms with Crippen LogP contribution >= 0.6 is 0 Å². The number of hydrogen-bond donors (Lipinski definition) is 2. The molecule has 2 heteroatoms. The van der Waals surface area contributed by atoms with E-state index in [9.17, 15) is 5.11 Å². The van der Waals surface area contributed by atoms with E-state index in [1.54, 1.807) is 0 Å². The maximum atomic E-state index is 9.33. The Labute approximate surface area is 93.5 Å². The fourth-order valence-electron chi connectivity index (χ4n) is 2.70. The predicted octanol–water partition coefficient (Wildman–Crippen LogP) is 2.32. The molecule has 0 bridgehead atoms. The van der Waals surface area contributed by atoms with Crippen molar-refractivity contribution in [3.05, 3.63) is 0 Å². The fraction of sp³-hybridized carbons (Fsp3) is 1.00. The highest BCUT2D eigenvalue weighted by molar-refractivity contribution is 4.80. The van der Waals surface area contributed by atoms with Crippen LogP contribution in [0.15, 0.2) is 0 Å². The molecule has 0 amide bonds. The van der Waals surface area contributed by atoms with Crippen LogP contribution in [0.25, 0.3) is 0 Å². The molecule has 2 saturated carbocycles. The fourth-order valence-corrected chi connectivity index (χ4v) is 2.70. The quantitative estimate of drug-likeness (QED) is 0.706. The van der Waals surface area contributed by atoms with Crippen LogP contribution in [0.5, 0.6) is 0 Å². The van der Waals surface area contributed by atoms with Gasteiger partial charge in [-0.25, -0.2) is 0 Å². The third-order valence-electron chi connectivity index (χ3n) is 3.96. The monoisotopic (exact) mass is 211 g/mol. The van der Waals surface area contributed by atoms with E-state index in [-0.39, 0.29) is 0 Å². The number of rotatable bonds is 6. The van der Waals surface area contributed by atoms with Gasteiger partial charge in [0, 0.05) is 6.04 Å². The Balaban J connectivity index is 1.63. The number of aliphatic hydroxyl groups is 1. The summed E-state index contributed by atoms with van der Waals surface area (Å²) in [6.07, 6.45) is 11.0. The Kier molecular flexibility index (Phi) is 4.45. The van der Waals surface area contributed by atoms with Crippen LogP contribution < -0.4 is 5.32 Å². The van der Waals surface area contributed by atoms with E-state index in [0.29, 0.717) is 12.6 Å². The zero-order valence-electron chi connectivity index (χ0n) is 9.75. The van der Waals surface area contributed by atoms with E-state index < -0.39 is 0 Å². The van der Waals surface area contributed by atoms with Crippen LogP contribution in [0, 0.1) is 11.8 Å². The van der Waals surface area contributed by atoms with Gasteiger partial charge in [-0.3, -0.25) is 0 Å². The molecule has 0 aromatic heterocycles. The molecule has 15 heavy (non-hydrogen) atoms. The number of hydrogen-bond acceptors (Lipinski definition) is 2. The van der Waals surface area contributed by atoms with Gasteiger partial charge in [0.15, 0.2) is 0 Å². The van der Waals surface area contributed by atoms with Crippen molar-refractivity contribution in [2.45, 2.75) is 57.4 Å². The Bertz CT molecular complexity index is 173. The van der Waals surface area contributed by atoms with Crippen LogP contribution in [0.4, 0.5) is 0 Å². The second-order valence-corrected chi connectivity index (χ2v) is 5.47. The van der Waals surface area contributed by atoms with Gasteiger partial charge in [0.25, 0.3) is 0 Å². The Morgan fingerprint density at radius 2 is 1.73 bits per heavy atom. The third kappa shape index (κ3) is 4.12. The molecule has 1 unspecified atom stereocenters. The van der Waals surface area contributed by atoms with Gasteiger partial charge in [0.05, 0.1) is 6.61 Å². The van der Waals surface area contributed by atoms with E-state index in [4.69, 9.17) is 0 Å².